The highest BCUT2D eigenvalue weighted by Gasteiger charge is 2.52. The van der Waals surface area contributed by atoms with Crippen LogP contribution in [0.1, 0.15) is 6.92 Å². The lowest BCUT2D eigenvalue weighted by molar-refractivity contribution is -0.137. The van der Waals surface area contributed by atoms with Crippen molar-refractivity contribution >= 4 is 5.95 Å². The molecule has 0 amide bonds. The topological polar surface area (TPSA) is 144 Å². The van der Waals surface area contributed by atoms with Crippen LogP contribution in [0.15, 0.2) is 11.1 Å². The molecule has 0 aliphatic carbocycles. The number of aromatic nitrogens is 3. The highest BCUT2D eigenvalue weighted by atomic mass is 16.6. The number of nitrogens with two attached hydrogens (primary N) is 1. The van der Waals surface area contributed by atoms with Crippen LogP contribution in [0.3, 0.4) is 0 Å². The van der Waals surface area contributed by atoms with Gasteiger partial charge in [0, 0.05) is 0 Å². The number of anilines is 1. The highest BCUT2D eigenvalue weighted by Crippen LogP contribution is 2.33. The molecule has 0 aromatic carbocycles. The van der Waals surface area contributed by atoms with Crippen molar-refractivity contribution in [1.82, 2.24) is 14.5 Å². The van der Waals surface area contributed by atoms with Crippen molar-refractivity contribution in [2.24, 2.45) is 0 Å². The quantitative estimate of drug-likeness (QED) is 0.439. The minimum Gasteiger partial charge on any atom is -0.394 e. The normalized spacial score (nSPS) is 35.9. The van der Waals surface area contributed by atoms with Crippen molar-refractivity contribution in [1.29, 1.82) is 0 Å². The maximum absolute atomic E-state index is 11.7. The number of nitrogens with zero attached hydrogens (tertiary/aromatic N) is 3. The van der Waals surface area contributed by atoms with E-state index in [0.29, 0.717) is 0 Å². The Kier molecular flexibility index (Phi) is 3.07. The van der Waals surface area contributed by atoms with Crippen molar-refractivity contribution in [3.05, 3.63) is 16.8 Å². The summed E-state index contributed by atoms with van der Waals surface area (Å²) in [5.74, 6) is -0.202. The summed E-state index contributed by atoms with van der Waals surface area (Å²) in [4.78, 5) is 18.7. The minimum atomic E-state index is -1.56. The monoisotopic (exact) mass is 258 g/mol. The molecule has 9 nitrogen and oxygen atoms in total. The number of hydrogen-bond donors (Lipinski definition) is 4. The molecule has 100 valence electrons. The maximum Gasteiger partial charge on any atom is 0.354 e. The molecule has 1 aromatic rings. The Morgan fingerprint density at radius 3 is 2.78 bits per heavy atom. The average molecular weight is 258 g/mol. The van der Waals surface area contributed by atoms with E-state index in [1.165, 1.54) is 6.92 Å². The van der Waals surface area contributed by atoms with Crippen molar-refractivity contribution < 1.29 is 20.1 Å². The Bertz CT molecular complexity index is 506. The Balaban J connectivity index is 2.46. The first-order valence-corrected chi connectivity index (χ1v) is 5.26. The number of ether oxygens (including phenoxy) is 1. The van der Waals surface area contributed by atoms with E-state index in [-0.39, 0.29) is 5.95 Å². The van der Waals surface area contributed by atoms with Crippen LogP contribution in [0.4, 0.5) is 5.95 Å². The van der Waals surface area contributed by atoms with Crippen molar-refractivity contribution in [3.63, 3.8) is 0 Å². The van der Waals surface area contributed by atoms with Gasteiger partial charge in [0.05, 0.1) is 6.61 Å². The molecule has 18 heavy (non-hydrogen) atoms. The van der Waals surface area contributed by atoms with Gasteiger partial charge in [-0.25, -0.2) is 9.78 Å². The average Bonchev–Trinajstić information content (AvgIpc) is 2.54. The van der Waals surface area contributed by atoms with Gasteiger partial charge in [0.2, 0.25) is 5.95 Å². The Hall–Kier alpha value is -1.55. The third-order valence-corrected chi connectivity index (χ3v) is 3.02. The summed E-state index contributed by atoms with van der Waals surface area (Å²) in [6.07, 6.45) is -2.64. The summed E-state index contributed by atoms with van der Waals surface area (Å²) in [5.41, 5.74) is 2.93. The Morgan fingerprint density at radius 1 is 1.61 bits per heavy atom. The molecule has 0 unspecified atom stereocenters. The summed E-state index contributed by atoms with van der Waals surface area (Å²) in [6.45, 7) is 0.899. The molecule has 1 fully saturated rings. The molecule has 0 spiro atoms. The highest BCUT2D eigenvalue weighted by molar-refractivity contribution is 5.11. The molecular formula is C9H14N4O5. The zero-order chi connectivity index (χ0) is 13.5. The smallest absolute Gasteiger partial charge is 0.354 e. The van der Waals surface area contributed by atoms with E-state index in [0.717, 1.165) is 10.9 Å². The molecule has 9 heteroatoms. The van der Waals surface area contributed by atoms with Gasteiger partial charge in [-0.2, -0.15) is 4.98 Å². The lowest BCUT2D eigenvalue weighted by Crippen LogP contribution is -2.48. The van der Waals surface area contributed by atoms with Gasteiger partial charge in [-0.3, -0.25) is 4.57 Å². The van der Waals surface area contributed by atoms with Crippen molar-refractivity contribution in [3.8, 4) is 0 Å². The van der Waals surface area contributed by atoms with Gasteiger partial charge in [0.1, 0.15) is 24.6 Å². The van der Waals surface area contributed by atoms with Crippen molar-refractivity contribution in [2.75, 3.05) is 12.3 Å². The van der Waals surface area contributed by atoms with Crippen LogP contribution in [-0.2, 0) is 10.5 Å². The van der Waals surface area contributed by atoms with E-state index in [4.69, 9.17) is 15.6 Å². The van der Waals surface area contributed by atoms with Gasteiger partial charge in [0.15, 0.2) is 5.72 Å². The first kappa shape index (κ1) is 12.9. The predicted molar refractivity (Wildman–Crippen MR) is 58.3 cm³/mol. The van der Waals surface area contributed by atoms with Crippen LogP contribution in [0.25, 0.3) is 0 Å². The zero-order valence-corrected chi connectivity index (χ0v) is 9.59. The third kappa shape index (κ3) is 1.77. The van der Waals surface area contributed by atoms with Crippen LogP contribution < -0.4 is 11.4 Å². The molecule has 4 atom stereocenters. The zero-order valence-electron chi connectivity index (χ0n) is 9.59. The fraction of sp³-hybridized carbons (Fsp3) is 0.667. The fourth-order valence-electron chi connectivity index (χ4n) is 1.96. The van der Waals surface area contributed by atoms with E-state index in [9.17, 15) is 15.0 Å². The number of rotatable bonds is 2. The minimum absolute atomic E-state index is 0.202. The lowest BCUT2D eigenvalue weighted by Gasteiger charge is -2.28. The van der Waals surface area contributed by atoms with E-state index in [1.54, 1.807) is 0 Å². The summed E-state index contributed by atoms with van der Waals surface area (Å²) >= 11 is 0. The summed E-state index contributed by atoms with van der Waals surface area (Å²) in [7, 11) is 0. The maximum atomic E-state index is 11.7. The van der Waals surface area contributed by atoms with E-state index in [2.05, 4.69) is 9.97 Å². The van der Waals surface area contributed by atoms with Gasteiger partial charge in [-0.15, -0.1) is 0 Å². The van der Waals surface area contributed by atoms with E-state index < -0.39 is 36.3 Å². The van der Waals surface area contributed by atoms with Crippen molar-refractivity contribution in [2.45, 2.75) is 31.0 Å². The van der Waals surface area contributed by atoms with Crippen LogP contribution in [0.5, 0.6) is 0 Å². The number of hydrogen-bond acceptors (Lipinski definition) is 8. The molecule has 0 saturated carbocycles. The molecule has 2 heterocycles. The second kappa shape index (κ2) is 4.28. The molecular weight excluding hydrogens is 244 g/mol. The second-order valence-electron chi connectivity index (χ2n) is 4.20. The molecule has 1 saturated heterocycles. The lowest BCUT2D eigenvalue weighted by atomic mass is 10.0. The van der Waals surface area contributed by atoms with E-state index >= 15 is 0 Å². The number of aliphatic hydroxyl groups is 3. The van der Waals surface area contributed by atoms with Gasteiger partial charge in [0.25, 0.3) is 0 Å². The first-order chi connectivity index (χ1) is 8.40. The van der Waals surface area contributed by atoms with E-state index in [1.807, 2.05) is 0 Å². The predicted octanol–water partition coefficient (Wildman–Crippen LogP) is -2.99. The summed E-state index contributed by atoms with van der Waals surface area (Å²) < 4.78 is 6.25. The summed E-state index contributed by atoms with van der Waals surface area (Å²) in [5, 5.41) is 28.6. The fourth-order valence-corrected chi connectivity index (χ4v) is 1.96. The standard InChI is InChI=1S/C9H14N4O5/c1-9(6(16)5(15)4(2-14)18-9)13-3-11-7(10)12-8(13)17/h3-6,14-16H,2H2,1H3,(H2,10,12,17)/t4-,5-,6-,9-/m1/s1. The molecule has 5 N–H and O–H groups in total. The Labute approximate surface area is 101 Å². The second-order valence-corrected chi connectivity index (χ2v) is 4.20. The number of nitrogen functional groups attached to an aromatic ring is 1. The van der Waals surface area contributed by atoms with Crippen LogP contribution in [0, 0.1) is 0 Å². The molecule has 1 aliphatic rings. The van der Waals surface area contributed by atoms with Crippen LogP contribution in [0.2, 0.25) is 0 Å². The largest absolute Gasteiger partial charge is 0.394 e. The van der Waals surface area contributed by atoms with Gasteiger partial charge in [-0.05, 0) is 6.92 Å². The molecule has 0 radical (unpaired) electrons. The van der Waals surface area contributed by atoms with Gasteiger partial charge < -0.3 is 25.8 Å². The van der Waals surface area contributed by atoms with Crippen LogP contribution >= 0.6 is 0 Å². The molecule has 1 aliphatic heterocycles. The van der Waals surface area contributed by atoms with Gasteiger partial charge >= 0.3 is 5.69 Å². The van der Waals surface area contributed by atoms with Crippen LogP contribution in [-0.4, -0.2) is 54.8 Å². The SMILES string of the molecule is C[C@@]1(n2cnc(N)nc2=O)O[C@H](CO)[C@@H](O)[C@H]1O. The number of aliphatic hydroxyl groups excluding tert-OH is 3. The molecule has 2 rings (SSSR count). The summed E-state index contributed by atoms with van der Waals surface area (Å²) in [6, 6.07) is 0. The third-order valence-electron chi connectivity index (χ3n) is 3.02. The first-order valence-electron chi connectivity index (χ1n) is 5.26. The Morgan fingerprint density at radius 2 is 2.28 bits per heavy atom. The van der Waals surface area contributed by atoms with Gasteiger partial charge in [-0.1, -0.05) is 0 Å². The molecule has 1 aromatic heterocycles. The molecule has 0 bridgehead atoms.